The van der Waals surface area contributed by atoms with Gasteiger partial charge in [-0.3, -0.25) is 0 Å². The van der Waals surface area contributed by atoms with Crippen LogP contribution in [0.15, 0.2) is 18.3 Å². The molecule has 0 spiro atoms. The Bertz CT molecular complexity index is 405. The summed E-state index contributed by atoms with van der Waals surface area (Å²) in [5.74, 6) is 1.41. The van der Waals surface area contributed by atoms with E-state index < -0.39 is 0 Å². The first-order valence-electron chi connectivity index (χ1n) is 8.14. The molecule has 118 valence electrons. The average molecular weight is 291 g/mol. The lowest BCUT2D eigenvalue weighted by molar-refractivity contribution is 0.122. The van der Waals surface area contributed by atoms with E-state index in [0.717, 1.165) is 25.6 Å². The lowest BCUT2D eigenvalue weighted by atomic mass is 10.0. The van der Waals surface area contributed by atoms with Crippen LogP contribution in [-0.4, -0.2) is 42.7 Å². The number of rotatable bonds is 7. The molecule has 1 aromatic heterocycles. The number of hydrogen-bond donors (Lipinski definition) is 1. The van der Waals surface area contributed by atoms with Gasteiger partial charge in [0, 0.05) is 24.8 Å². The molecule has 1 saturated heterocycles. The second-order valence-corrected chi connectivity index (χ2v) is 6.47. The number of hydrogen-bond acceptors (Lipinski definition) is 4. The first kappa shape index (κ1) is 16.2. The first-order valence-corrected chi connectivity index (χ1v) is 8.14. The van der Waals surface area contributed by atoms with Crippen molar-refractivity contribution in [2.24, 2.45) is 5.92 Å². The zero-order chi connectivity index (χ0) is 15.1. The van der Waals surface area contributed by atoms with Crippen molar-refractivity contribution in [2.75, 3.05) is 26.7 Å². The molecule has 21 heavy (non-hydrogen) atoms. The normalized spacial score (nSPS) is 19.9. The SMILES string of the molecule is CC(C)CNCc1ccc(OCC2CCCCN2C)nc1. The third-order valence-electron chi connectivity index (χ3n) is 4.02. The minimum atomic E-state index is 0.535. The van der Waals surface area contributed by atoms with Gasteiger partial charge in [-0.25, -0.2) is 4.98 Å². The van der Waals surface area contributed by atoms with Gasteiger partial charge in [0.25, 0.3) is 0 Å². The van der Waals surface area contributed by atoms with Crippen molar-refractivity contribution >= 4 is 0 Å². The van der Waals surface area contributed by atoms with E-state index in [1.165, 1.54) is 31.4 Å². The molecular formula is C17H29N3O. The van der Waals surface area contributed by atoms with Gasteiger partial charge in [0.15, 0.2) is 0 Å². The minimum Gasteiger partial charge on any atom is -0.476 e. The van der Waals surface area contributed by atoms with Crippen LogP contribution in [0.4, 0.5) is 0 Å². The number of piperidine rings is 1. The van der Waals surface area contributed by atoms with E-state index in [2.05, 4.69) is 42.2 Å². The third kappa shape index (κ3) is 5.64. The molecule has 1 aliphatic rings. The predicted octanol–water partition coefficient (Wildman–Crippen LogP) is 2.69. The van der Waals surface area contributed by atoms with Crippen LogP contribution in [0, 0.1) is 5.92 Å². The number of pyridine rings is 1. The highest BCUT2D eigenvalue weighted by molar-refractivity contribution is 5.17. The van der Waals surface area contributed by atoms with Crippen molar-refractivity contribution in [3.05, 3.63) is 23.9 Å². The van der Waals surface area contributed by atoms with Gasteiger partial charge >= 0.3 is 0 Å². The Balaban J connectivity index is 1.74. The largest absolute Gasteiger partial charge is 0.476 e. The molecule has 1 aromatic rings. The highest BCUT2D eigenvalue weighted by Gasteiger charge is 2.19. The Morgan fingerprint density at radius 3 is 2.90 bits per heavy atom. The number of nitrogens with zero attached hydrogens (tertiary/aromatic N) is 2. The third-order valence-corrected chi connectivity index (χ3v) is 4.02. The van der Waals surface area contributed by atoms with Crippen LogP contribution in [0.2, 0.25) is 0 Å². The molecule has 4 heteroatoms. The molecule has 1 unspecified atom stereocenters. The summed E-state index contributed by atoms with van der Waals surface area (Å²) in [7, 11) is 2.18. The summed E-state index contributed by atoms with van der Waals surface area (Å²) in [5, 5.41) is 3.42. The fraction of sp³-hybridized carbons (Fsp3) is 0.706. The molecule has 1 atom stereocenters. The monoisotopic (exact) mass is 291 g/mol. The Labute approximate surface area is 128 Å². The Kier molecular flexibility index (Phi) is 6.46. The quantitative estimate of drug-likeness (QED) is 0.838. The molecular weight excluding hydrogens is 262 g/mol. The van der Waals surface area contributed by atoms with Gasteiger partial charge in [-0.15, -0.1) is 0 Å². The van der Waals surface area contributed by atoms with Gasteiger partial charge < -0.3 is 15.0 Å². The van der Waals surface area contributed by atoms with Gasteiger partial charge in [-0.2, -0.15) is 0 Å². The van der Waals surface area contributed by atoms with Gasteiger partial charge in [0.1, 0.15) is 6.61 Å². The van der Waals surface area contributed by atoms with Crippen LogP contribution < -0.4 is 10.1 Å². The zero-order valence-corrected chi connectivity index (χ0v) is 13.6. The Morgan fingerprint density at radius 1 is 1.38 bits per heavy atom. The van der Waals surface area contributed by atoms with Gasteiger partial charge in [-0.05, 0) is 44.5 Å². The fourth-order valence-electron chi connectivity index (χ4n) is 2.64. The number of likely N-dealkylation sites (tertiary alicyclic amines) is 1. The van der Waals surface area contributed by atoms with Crippen molar-refractivity contribution in [1.29, 1.82) is 0 Å². The molecule has 0 radical (unpaired) electrons. The molecule has 2 rings (SSSR count). The highest BCUT2D eigenvalue weighted by atomic mass is 16.5. The van der Waals surface area contributed by atoms with Crippen molar-refractivity contribution in [1.82, 2.24) is 15.2 Å². The first-order chi connectivity index (χ1) is 10.1. The Morgan fingerprint density at radius 2 is 2.24 bits per heavy atom. The molecule has 1 aliphatic heterocycles. The van der Waals surface area contributed by atoms with Crippen LogP contribution in [0.3, 0.4) is 0 Å². The summed E-state index contributed by atoms with van der Waals surface area (Å²) in [5.41, 5.74) is 1.21. The smallest absolute Gasteiger partial charge is 0.213 e. The number of nitrogens with one attached hydrogen (secondary N) is 1. The van der Waals surface area contributed by atoms with Crippen LogP contribution >= 0.6 is 0 Å². The highest BCUT2D eigenvalue weighted by Crippen LogP contribution is 2.16. The lowest BCUT2D eigenvalue weighted by Crippen LogP contribution is -2.40. The standard InChI is InChI=1S/C17H29N3O/c1-14(2)10-18-11-15-7-8-17(19-12-15)21-13-16-6-4-5-9-20(16)3/h7-8,12,14,16,18H,4-6,9-11,13H2,1-3H3. The number of aromatic nitrogens is 1. The number of likely N-dealkylation sites (N-methyl/N-ethyl adjacent to an activating group) is 1. The second kappa shape index (κ2) is 8.35. The van der Waals surface area contributed by atoms with E-state index in [4.69, 9.17) is 4.74 Å². The average Bonchev–Trinajstić information content (AvgIpc) is 2.47. The van der Waals surface area contributed by atoms with Crippen molar-refractivity contribution < 1.29 is 4.74 Å². The fourth-order valence-corrected chi connectivity index (χ4v) is 2.64. The molecule has 0 aliphatic carbocycles. The Hall–Kier alpha value is -1.13. The molecule has 0 saturated carbocycles. The number of ether oxygens (including phenoxy) is 1. The van der Waals surface area contributed by atoms with E-state index in [0.29, 0.717) is 12.0 Å². The summed E-state index contributed by atoms with van der Waals surface area (Å²) < 4.78 is 5.84. The molecule has 0 bridgehead atoms. The van der Waals surface area contributed by atoms with Crippen LogP contribution in [0.5, 0.6) is 5.88 Å². The van der Waals surface area contributed by atoms with Gasteiger partial charge in [0.05, 0.1) is 0 Å². The molecule has 0 amide bonds. The summed E-state index contributed by atoms with van der Waals surface area (Å²) in [6.07, 6.45) is 5.76. The second-order valence-electron chi connectivity index (χ2n) is 6.47. The zero-order valence-electron chi connectivity index (χ0n) is 13.6. The van der Waals surface area contributed by atoms with Gasteiger partial charge in [0.2, 0.25) is 5.88 Å². The predicted molar refractivity (Wildman–Crippen MR) is 86.5 cm³/mol. The van der Waals surface area contributed by atoms with Crippen molar-refractivity contribution in [3.63, 3.8) is 0 Å². The van der Waals surface area contributed by atoms with E-state index >= 15 is 0 Å². The van der Waals surface area contributed by atoms with E-state index in [-0.39, 0.29) is 0 Å². The molecule has 2 heterocycles. The van der Waals surface area contributed by atoms with E-state index in [9.17, 15) is 0 Å². The summed E-state index contributed by atoms with van der Waals surface area (Å²) in [4.78, 5) is 6.80. The van der Waals surface area contributed by atoms with Crippen LogP contribution in [-0.2, 0) is 6.54 Å². The molecule has 4 nitrogen and oxygen atoms in total. The van der Waals surface area contributed by atoms with E-state index in [1.54, 1.807) is 0 Å². The molecule has 1 N–H and O–H groups in total. The molecule has 1 fully saturated rings. The summed E-state index contributed by atoms with van der Waals surface area (Å²) in [6, 6.07) is 4.61. The van der Waals surface area contributed by atoms with Crippen LogP contribution in [0.1, 0.15) is 38.7 Å². The minimum absolute atomic E-state index is 0.535. The van der Waals surface area contributed by atoms with Crippen LogP contribution in [0.25, 0.3) is 0 Å². The maximum atomic E-state index is 5.84. The summed E-state index contributed by atoms with van der Waals surface area (Å²) >= 11 is 0. The van der Waals surface area contributed by atoms with Gasteiger partial charge in [-0.1, -0.05) is 26.3 Å². The van der Waals surface area contributed by atoms with Crippen molar-refractivity contribution in [3.8, 4) is 5.88 Å². The topological polar surface area (TPSA) is 37.4 Å². The van der Waals surface area contributed by atoms with E-state index in [1.807, 2.05) is 12.3 Å². The maximum Gasteiger partial charge on any atom is 0.213 e. The maximum absolute atomic E-state index is 5.84. The summed E-state index contributed by atoms with van der Waals surface area (Å²) in [6.45, 7) is 8.26. The lowest BCUT2D eigenvalue weighted by Gasteiger charge is -2.31. The molecule has 0 aromatic carbocycles. The van der Waals surface area contributed by atoms with Crippen molar-refractivity contribution in [2.45, 2.75) is 45.7 Å².